The second-order valence-corrected chi connectivity index (χ2v) is 9.92. The van der Waals surface area contributed by atoms with E-state index < -0.39 is 0 Å². The van der Waals surface area contributed by atoms with Crippen molar-refractivity contribution in [1.82, 2.24) is 9.97 Å². The second-order valence-electron chi connectivity index (χ2n) is 9.92. The number of hydrogen-bond donors (Lipinski definition) is 0. The van der Waals surface area contributed by atoms with Crippen LogP contribution in [0.4, 0.5) is 0 Å². The Balaban J connectivity index is 1.52. The van der Waals surface area contributed by atoms with E-state index in [1.54, 1.807) is 0 Å². The van der Waals surface area contributed by atoms with Crippen LogP contribution in [0.15, 0.2) is 36.7 Å². The van der Waals surface area contributed by atoms with Gasteiger partial charge in [0.05, 0.1) is 0 Å². The van der Waals surface area contributed by atoms with Crippen LogP contribution in [0.1, 0.15) is 134 Å². The monoisotopic (exact) mass is 450 g/mol. The number of hydrogen-bond acceptors (Lipinski definition) is 2. The van der Waals surface area contributed by atoms with Gasteiger partial charge in [0.25, 0.3) is 0 Å². The van der Waals surface area contributed by atoms with Crippen molar-refractivity contribution in [2.24, 2.45) is 0 Å². The highest BCUT2D eigenvalue weighted by Crippen LogP contribution is 2.18. The van der Waals surface area contributed by atoms with E-state index in [1.807, 2.05) is 12.4 Å². The predicted octanol–water partition coefficient (Wildman–Crippen LogP) is 9.90. The average Bonchev–Trinajstić information content (AvgIpc) is 2.85. The lowest BCUT2D eigenvalue weighted by molar-refractivity contribution is 0.539. The molecule has 0 bridgehead atoms. The van der Waals surface area contributed by atoms with Crippen molar-refractivity contribution >= 4 is 0 Å². The van der Waals surface area contributed by atoms with Crippen LogP contribution in [0, 0.1) is 0 Å². The van der Waals surface area contributed by atoms with Crippen LogP contribution in [0.25, 0.3) is 11.4 Å². The second kappa shape index (κ2) is 18.7. The molecule has 2 aromatic rings. The van der Waals surface area contributed by atoms with Crippen molar-refractivity contribution < 1.29 is 0 Å². The maximum Gasteiger partial charge on any atom is 0.159 e. The highest BCUT2D eigenvalue weighted by Gasteiger charge is 2.03. The molecule has 0 N–H and O–H groups in total. The highest BCUT2D eigenvalue weighted by atomic mass is 14.9. The van der Waals surface area contributed by atoms with Crippen molar-refractivity contribution in [3.63, 3.8) is 0 Å². The molecule has 2 rings (SSSR count). The summed E-state index contributed by atoms with van der Waals surface area (Å²) in [4.78, 5) is 9.27. The van der Waals surface area contributed by atoms with Gasteiger partial charge in [0, 0.05) is 18.0 Å². The van der Waals surface area contributed by atoms with Crippen molar-refractivity contribution in [1.29, 1.82) is 0 Å². The Labute approximate surface area is 205 Å². The number of unbranched alkanes of at least 4 members (excludes halogenated alkanes) is 15. The third-order valence-electron chi connectivity index (χ3n) is 6.81. The topological polar surface area (TPSA) is 25.8 Å². The van der Waals surface area contributed by atoms with Crippen LogP contribution in [0.2, 0.25) is 0 Å². The molecule has 0 aliphatic heterocycles. The normalized spacial score (nSPS) is 11.2. The van der Waals surface area contributed by atoms with Crippen LogP contribution in [0.3, 0.4) is 0 Å². The Morgan fingerprint density at radius 1 is 0.455 bits per heavy atom. The van der Waals surface area contributed by atoms with Crippen LogP contribution in [-0.4, -0.2) is 9.97 Å². The quantitative estimate of drug-likeness (QED) is 0.187. The van der Waals surface area contributed by atoms with E-state index in [2.05, 4.69) is 48.1 Å². The summed E-state index contributed by atoms with van der Waals surface area (Å²) < 4.78 is 0. The van der Waals surface area contributed by atoms with E-state index in [0.29, 0.717) is 0 Å². The van der Waals surface area contributed by atoms with E-state index in [9.17, 15) is 0 Å². The predicted molar refractivity (Wildman–Crippen MR) is 145 cm³/mol. The summed E-state index contributed by atoms with van der Waals surface area (Å²) >= 11 is 0. The lowest BCUT2D eigenvalue weighted by Gasteiger charge is -2.06. The Kier molecular flexibility index (Phi) is 15.6. The standard InChI is InChI=1S/C31H50N2/c1-3-5-7-9-10-11-12-13-14-15-16-17-19-21-29-26-32-31(33-27-29)30-24-22-28(23-25-30)20-18-8-6-4-2/h22-27H,3-21H2,1-2H3. The molecular formula is C31H50N2. The molecule has 0 aliphatic rings. The molecule has 0 spiro atoms. The minimum absolute atomic E-state index is 0.849. The van der Waals surface area contributed by atoms with Crippen molar-refractivity contribution in [2.75, 3.05) is 0 Å². The summed E-state index contributed by atoms with van der Waals surface area (Å²) in [5.41, 5.74) is 3.82. The summed E-state index contributed by atoms with van der Waals surface area (Å²) in [6.07, 6.45) is 29.8. The van der Waals surface area contributed by atoms with E-state index in [4.69, 9.17) is 0 Å². The van der Waals surface area contributed by atoms with Gasteiger partial charge in [-0.3, -0.25) is 0 Å². The van der Waals surface area contributed by atoms with Crippen LogP contribution in [0.5, 0.6) is 0 Å². The Morgan fingerprint density at radius 3 is 1.33 bits per heavy atom. The van der Waals surface area contributed by atoms with E-state index in [-0.39, 0.29) is 0 Å². The zero-order chi connectivity index (χ0) is 23.4. The smallest absolute Gasteiger partial charge is 0.159 e. The number of rotatable bonds is 20. The molecule has 184 valence electrons. The fourth-order valence-corrected chi connectivity index (χ4v) is 4.56. The molecule has 0 atom stereocenters. The van der Waals surface area contributed by atoms with Gasteiger partial charge in [-0.1, -0.05) is 134 Å². The molecule has 0 saturated heterocycles. The first-order valence-electron chi connectivity index (χ1n) is 14.2. The van der Waals surface area contributed by atoms with Gasteiger partial charge in [0.1, 0.15) is 0 Å². The first-order valence-corrected chi connectivity index (χ1v) is 14.2. The van der Waals surface area contributed by atoms with E-state index in [1.165, 1.54) is 127 Å². The molecule has 1 heterocycles. The average molecular weight is 451 g/mol. The van der Waals surface area contributed by atoms with Crippen LogP contribution >= 0.6 is 0 Å². The largest absolute Gasteiger partial charge is 0.236 e. The fourth-order valence-electron chi connectivity index (χ4n) is 4.56. The summed E-state index contributed by atoms with van der Waals surface area (Å²) in [6.45, 7) is 4.55. The van der Waals surface area contributed by atoms with Crippen molar-refractivity contribution in [3.05, 3.63) is 47.8 Å². The van der Waals surface area contributed by atoms with E-state index in [0.717, 1.165) is 17.8 Å². The minimum atomic E-state index is 0.849. The molecule has 1 aromatic heterocycles. The van der Waals surface area contributed by atoms with Gasteiger partial charge in [-0.2, -0.15) is 0 Å². The molecule has 0 saturated carbocycles. The molecule has 0 aliphatic carbocycles. The number of aromatic nitrogens is 2. The molecule has 0 radical (unpaired) electrons. The van der Waals surface area contributed by atoms with Crippen LogP contribution in [-0.2, 0) is 12.8 Å². The first kappa shape index (κ1) is 27.5. The SMILES string of the molecule is CCCCCCCCCCCCCCCc1cnc(-c2ccc(CCCCCC)cc2)nc1. The molecule has 0 fully saturated rings. The van der Waals surface area contributed by atoms with Gasteiger partial charge >= 0.3 is 0 Å². The third kappa shape index (κ3) is 12.9. The summed E-state index contributed by atoms with van der Waals surface area (Å²) in [7, 11) is 0. The van der Waals surface area contributed by atoms with Crippen LogP contribution < -0.4 is 0 Å². The summed E-state index contributed by atoms with van der Waals surface area (Å²) in [5, 5.41) is 0. The third-order valence-corrected chi connectivity index (χ3v) is 6.81. The Hall–Kier alpha value is -1.70. The zero-order valence-corrected chi connectivity index (χ0v) is 21.8. The highest BCUT2D eigenvalue weighted by molar-refractivity contribution is 5.55. The molecule has 0 amide bonds. The zero-order valence-electron chi connectivity index (χ0n) is 21.8. The van der Waals surface area contributed by atoms with Crippen molar-refractivity contribution in [3.8, 4) is 11.4 Å². The van der Waals surface area contributed by atoms with Gasteiger partial charge in [-0.15, -0.1) is 0 Å². The fraction of sp³-hybridized carbons (Fsp3) is 0.677. The first-order chi connectivity index (χ1) is 16.3. The molecule has 1 aromatic carbocycles. The summed E-state index contributed by atoms with van der Waals surface area (Å²) in [6, 6.07) is 8.84. The van der Waals surface area contributed by atoms with Gasteiger partial charge in [0.15, 0.2) is 5.82 Å². The lowest BCUT2D eigenvalue weighted by atomic mass is 10.0. The van der Waals surface area contributed by atoms with Gasteiger partial charge in [-0.25, -0.2) is 9.97 Å². The van der Waals surface area contributed by atoms with Gasteiger partial charge < -0.3 is 0 Å². The lowest BCUT2D eigenvalue weighted by Crippen LogP contribution is -1.94. The molecular weight excluding hydrogens is 400 g/mol. The van der Waals surface area contributed by atoms with Crippen molar-refractivity contribution in [2.45, 2.75) is 136 Å². The Morgan fingerprint density at radius 2 is 0.848 bits per heavy atom. The van der Waals surface area contributed by atoms with Gasteiger partial charge in [-0.05, 0) is 36.8 Å². The molecule has 2 heteroatoms. The minimum Gasteiger partial charge on any atom is -0.236 e. The maximum absolute atomic E-state index is 4.63. The molecule has 33 heavy (non-hydrogen) atoms. The number of aryl methyl sites for hydroxylation is 2. The number of benzene rings is 1. The maximum atomic E-state index is 4.63. The summed E-state index contributed by atoms with van der Waals surface area (Å²) in [5.74, 6) is 0.849. The molecule has 2 nitrogen and oxygen atoms in total. The van der Waals surface area contributed by atoms with E-state index >= 15 is 0 Å². The molecule has 0 unspecified atom stereocenters. The Bertz CT molecular complexity index is 690. The number of nitrogens with zero attached hydrogens (tertiary/aromatic N) is 2. The van der Waals surface area contributed by atoms with Gasteiger partial charge in [0.2, 0.25) is 0 Å².